The molecule has 1 amide bonds. The summed E-state index contributed by atoms with van der Waals surface area (Å²) in [5, 5.41) is 3.35. The topological polar surface area (TPSA) is 68.3 Å². The first-order chi connectivity index (χ1) is 9.87. The Morgan fingerprint density at radius 1 is 1.19 bits per heavy atom. The Kier molecular flexibility index (Phi) is 4.21. The molecule has 2 rings (SSSR count). The fourth-order valence-electron chi connectivity index (χ4n) is 1.89. The molecule has 0 radical (unpaired) electrons. The van der Waals surface area contributed by atoms with E-state index in [0.29, 0.717) is 11.1 Å². The summed E-state index contributed by atoms with van der Waals surface area (Å²) in [6, 6.07) is 9.09. The number of ether oxygens (including phenoxy) is 1. The zero-order chi connectivity index (χ0) is 15.5. The smallest absolute Gasteiger partial charge is 0.408 e. The van der Waals surface area contributed by atoms with E-state index in [-0.39, 0.29) is 12.3 Å². The maximum Gasteiger partial charge on any atom is 0.408 e. The van der Waals surface area contributed by atoms with E-state index in [4.69, 9.17) is 4.74 Å². The Labute approximate surface area is 123 Å². The van der Waals surface area contributed by atoms with Crippen LogP contribution < -0.4 is 5.32 Å². The molecule has 1 aromatic carbocycles. The van der Waals surface area contributed by atoms with E-state index >= 15 is 0 Å². The number of nitrogens with one attached hydrogen (secondary N) is 1. The first-order valence-electron chi connectivity index (χ1n) is 6.70. The Morgan fingerprint density at radius 2 is 1.90 bits per heavy atom. The summed E-state index contributed by atoms with van der Waals surface area (Å²) in [5.74, 6) is -0.204. The van der Waals surface area contributed by atoms with Crippen molar-refractivity contribution in [1.82, 2.24) is 10.3 Å². The second-order valence-electron chi connectivity index (χ2n) is 5.66. The van der Waals surface area contributed by atoms with Gasteiger partial charge in [-0.2, -0.15) is 0 Å². The van der Waals surface area contributed by atoms with Gasteiger partial charge in [-0.1, -0.05) is 18.2 Å². The predicted molar refractivity (Wildman–Crippen MR) is 80.3 cm³/mol. The standard InChI is InChI=1S/C16H18N2O3/c1-16(2,3)21-15(20)18-10-13(19)12-8-4-6-11-7-5-9-17-14(11)12/h4-9H,10H2,1-3H3,(H,18,20). The van der Waals surface area contributed by atoms with E-state index in [1.165, 1.54) is 0 Å². The quantitative estimate of drug-likeness (QED) is 0.881. The van der Waals surface area contributed by atoms with Crippen LogP contribution in [0.5, 0.6) is 0 Å². The third kappa shape index (κ3) is 4.02. The molecule has 0 saturated carbocycles. The highest BCUT2D eigenvalue weighted by atomic mass is 16.6. The largest absolute Gasteiger partial charge is 0.444 e. The summed E-state index contributed by atoms with van der Waals surface area (Å²) < 4.78 is 5.09. The number of para-hydroxylation sites is 1. The van der Waals surface area contributed by atoms with Gasteiger partial charge in [0.1, 0.15) is 5.60 Å². The molecule has 0 aliphatic carbocycles. The first-order valence-corrected chi connectivity index (χ1v) is 6.70. The summed E-state index contributed by atoms with van der Waals surface area (Å²) in [7, 11) is 0. The average molecular weight is 286 g/mol. The van der Waals surface area contributed by atoms with Gasteiger partial charge in [0, 0.05) is 17.1 Å². The van der Waals surface area contributed by atoms with E-state index < -0.39 is 11.7 Å². The van der Waals surface area contributed by atoms with Gasteiger partial charge in [0.15, 0.2) is 5.78 Å². The summed E-state index contributed by atoms with van der Waals surface area (Å²) in [6.45, 7) is 5.18. The van der Waals surface area contributed by atoms with Crippen LogP contribution in [0, 0.1) is 0 Å². The molecule has 0 spiro atoms. The number of carbonyl (C=O) groups excluding carboxylic acids is 2. The molecule has 0 fully saturated rings. The molecule has 0 bridgehead atoms. The second kappa shape index (κ2) is 5.91. The van der Waals surface area contributed by atoms with Crippen molar-refractivity contribution in [2.24, 2.45) is 0 Å². The molecule has 21 heavy (non-hydrogen) atoms. The summed E-state index contributed by atoms with van der Waals surface area (Å²) in [4.78, 5) is 28.0. The van der Waals surface area contributed by atoms with Gasteiger partial charge < -0.3 is 10.1 Å². The van der Waals surface area contributed by atoms with Crippen LogP contribution >= 0.6 is 0 Å². The van der Waals surface area contributed by atoms with Crippen LogP contribution in [0.3, 0.4) is 0 Å². The highest BCUT2D eigenvalue weighted by Gasteiger charge is 2.17. The summed E-state index contributed by atoms with van der Waals surface area (Å²) in [6.07, 6.45) is 1.03. The lowest BCUT2D eigenvalue weighted by atomic mass is 10.1. The summed E-state index contributed by atoms with van der Waals surface area (Å²) in [5.41, 5.74) is 0.536. The first kappa shape index (κ1) is 15.0. The van der Waals surface area contributed by atoms with Crippen LogP contribution in [0.25, 0.3) is 10.9 Å². The van der Waals surface area contributed by atoms with Crippen molar-refractivity contribution >= 4 is 22.8 Å². The number of carbonyl (C=O) groups is 2. The fraction of sp³-hybridized carbons (Fsp3) is 0.312. The Bertz CT molecular complexity index is 669. The van der Waals surface area contributed by atoms with Crippen LogP contribution in [0.15, 0.2) is 36.5 Å². The average Bonchev–Trinajstić information content (AvgIpc) is 2.42. The Balaban J connectivity index is 2.08. The SMILES string of the molecule is CC(C)(C)OC(=O)NCC(=O)c1cccc2cccnc12. The Morgan fingerprint density at radius 3 is 2.62 bits per heavy atom. The van der Waals surface area contributed by atoms with Gasteiger partial charge >= 0.3 is 6.09 Å². The van der Waals surface area contributed by atoms with Crippen LogP contribution in [-0.4, -0.2) is 29.0 Å². The zero-order valence-electron chi connectivity index (χ0n) is 12.3. The van der Waals surface area contributed by atoms with Gasteiger partial charge in [0.05, 0.1) is 12.1 Å². The van der Waals surface area contributed by atoms with E-state index in [0.717, 1.165) is 5.39 Å². The molecule has 1 heterocycles. The van der Waals surface area contributed by atoms with Crippen LogP contribution in [-0.2, 0) is 4.74 Å². The number of alkyl carbamates (subject to hydrolysis) is 1. The minimum absolute atomic E-state index is 0.120. The van der Waals surface area contributed by atoms with Crippen molar-refractivity contribution in [3.8, 4) is 0 Å². The maximum atomic E-state index is 12.2. The lowest BCUT2D eigenvalue weighted by Gasteiger charge is -2.19. The zero-order valence-corrected chi connectivity index (χ0v) is 12.3. The molecule has 2 aromatic rings. The molecule has 0 atom stereocenters. The van der Waals surface area contributed by atoms with E-state index in [2.05, 4.69) is 10.3 Å². The molecule has 0 saturated heterocycles. The normalized spacial score (nSPS) is 11.2. The molecular formula is C16H18N2O3. The molecule has 0 aliphatic heterocycles. The van der Waals surface area contributed by atoms with Gasteiger partial charge in [-0.3, -0.25) is 9.78 Å². The number of hydrogen-bond acceptors (Lipinski definition) is 4. The molecule has 1 N–H and O–H groups in total. The molecule has 0 aliphatic rings. The maximum absolute atomic E-state index is 12.2. The van der Waals surface area contributed by atoms with Gasteiger partial charge in [-0.25, -0.2) is 4.79 Å². The van der Waals surface area contributed by atoms with Crippen LogP contribution in [0.4, 0.5) is 4.79 Å². The monoisotopic (exact) mass is 286 g/mol. The van der Waals surface area contributed by atoms with Crippen molar-refractivity contribution in [3.05, 3.63) is 42.1 Å². The lowest BCUT2D eigenvalue weighted by molar-refractivity contribution is 0.0520. The van der Waals surface area contributed by atoms with Gasteiger partial charge in [-0.15, -0.1) is 0 Å². The van der Waals surface area contributed by atoms with Gasteiger partial charge in [0.25, 0.3) is 0 Å². The number of ketones is 1. The van der Waals surface area contributed by atoms with Crippen LogP contribution in [0.2, 0.25) is 0 Å². The molecule has 110 valence electrons. The number of amides is 1. The molecule has 5 nitrogen and oxygen atoms in total. The highest BCUT2D eigenvalue weighted by molar-refractivity contribution is 6.08. The summed E-state index contributed by atoms with van der Waals surface area (Å²) >= 11 is 0. The van der Waals surface area contributed by atoms with E-state index in [1.54, 1.807) is 39.1 Å². The predicted octanol–water partition coefficient (Wildman–Crippen LogP) is 2.94. The number of pyridine rings is 1. The minimum atomic E-state index is -0.607. The van der Waals surface area contributed by atoms with Gasteiger partial charge in [-0.05, 0) is 32.9 Å². The van der Waals surface area contributed by atoms with Crippen molar-refractivity contribution in [1.29, 1.82) is 0 Å². The van der Waals surface area contributed by atoms with Crippen molar-refractivity contribution < 1.29 is 14.3 Å². The number of nitrogens with zero attached hydrogens (tertiary/aromatic N) is 1. The van der Waals surface area contributed by atoms with Crippen molar-refractivity contribution in [3.63, 3.8) is 0 Å². The number of Topliss-reactive ketones (excluding diaryl/α,β-unsaturated/α-hetero) is 1. The van der Waals surface area contributed by atoms with Gasteiger partial charge in [0.2, 0.25) is 0 Å². The lowest BCUT2D eigenvalue weighted by Crippen LogP contribution is -2.35. The number of fused-ring (bicyclic) bond motifs is 1. The van der Waals surface area contributed by atoms with E-state index in [1.807, 2.05) is 18.2 Å². The third-order valence-corrected chi connectivity index (χ3v) is 2.73. The highest BCUT2D eigenvalue weighted by Crippen LogP contribution is 2.16. The van der Waals surface area contributed by atoms with Crippen molar-refractivity contribution in [2.45, 2.75) is 26.4 Å². The fourth-order valence-corrected chi connectivity index (χ4v) is 1.89. The molecule has 1 aromatic heterocycles. The second-order valence-corrected chi connectivity index (χ2v) is 5.66. The number of hydrogen-bond donors (Lipinski definition) is 1. The number of rotatable bonds is 3. The van der Waals surface area contributed by atoms with Crippen molar-refractivity contribution in [2.75, 3.05) is 6.54 Å². The molecular weight excluding hydrogens is 268 g/mol. The third-order valence-electron chi connectivity index (χ3n) is 2.73. The van der Waals surface area contributed by atoms with Crippen LogP contribution in [0.1, 0.15) is 31.1 Å². The Hall–Kier alpha value is -2.43. The van der Waals surface area contributed by atoms with E-state index in [9.17, 15) is 9.59 Å². The molecule has 5 heteroatoms. The number of aromatic nitrogens is 1. The number of benzene rings is 1. The minimum Gasteiger partial charge on any atom is -0.444 e. The molecule has 0 unspecified atom stereocenters.